The highest BCUT2D eigenvalue weighted by molar-refractivity contribution is 7.90. The Hall–Kier alpha value is -3.18. The van der Waals surface area contributed by atoms with Gasteiger partial charge >= 0.3 is 6.18 Å². The summed E-state index contributed by atoms with van der Waals surface area (Å²) in [5, 5.41) is 20.2. The molecule has 2 N–H and O–H groups in total. The molecule has 4 rings (SSSR count). The lowest BCUT2D eigenvalue weighted by Crippen LogP contribution is -2.15. The van der Waals surface area contributed by atoms with Crippen LogP contribution in [0, 0.1) is 0 Å². The highest BCUT2D eigenvalue weighted by Gasteiger charge is 2.35. The van der Waals surface area contributed by atoms with Crippen LogP contribution in [0.5, 0.6) is 0 Å². The monoisotopic (exact) mass is 564 g/mol. The maximum Gasteiger partial charge on any atom is 0.417 e. The molecule has 0 bridgehead atoms. The number of hydrogen-bond acceptors (Lipinski definition) is 5. The van der Waals surface area contributed by atoms with Gasteiger partial charge in [0.2, 0.25) is 0 Å². The van der Waals surface area contributed by atoms with Gasteiger partial charge in [0.25, 0.3) is 0 Å². The number of imidazole rings is 1. The lowest BCUT2D eigenvalue weighted by atomic mass is 10.0. The van der Waals surface area contributed by atoms with Gasteiger partial charge in [-0.05, 0) is 54.8 Å². The number of benzene rings is 3. The van der Waals surface area contributed by atoms with Crippen molar-refractivity contribution in [2.45, 2.75) is 37.1 Å². The Kier molecular flexibility index (Phi) is 7.22. The minimum Gasteiger partial charge on any atom is -0.392 e. The molecule has 1 aromatic heterocycles. The standard InChI is InChI=1S/C27H24ClF3N2O4S/c1-26(2,35)24-14-33(25(32-24)19-6-4-5-7-20(19)27(29,30)31)22-11-10-16(12-21(22)28)17-8-9-18(15-34)23(13-17)38(3,36)37/h4-14,34-35H,15H2,1-3H3. The van der Waals surface area contributed by atoms with Crippen molar-refractivity contribution in [3.8, 4) is 28.2 Å². The zero-order valence-corrected chi connectivity index (χ0v) is 22.2. The lowest BCUT2D eigenvalue weighted by molar-refractivity contribution is -0.137. The first kappa shape index (κ1) is 27.8. The molecular weight excluding hydrogens is 541 g/mol. The van der Waals surface area contributed by atoms with Crippen LogP contribution in [0.25, 0.3) is 28.2 Å². The maximum absolute atomic E-state index is 13.8. The van der Waals surface area contributed by atoms with E-state index in [1.54, 1.807) is 24.3 Å². The van der Waals surface area contributed by atoms with E-state index in [9.17, 15) is 31.8 Å². The fourth-order valence-corrected chi connectivity index (χ4v) is 5.29. The fourth-order valence-electron chi connectivity index (χ4n) is 4.07. The van der Waals surface area contributed by atoms with Crippen molar-refractivity contribution in [1.82, 2.24) is 9.55 Å². The second kappa shape index (κ2) is 9.85. The molecule has 0 aliphatic carbocycles. The van der Waals surface area contributed by atoms with E-state index in [1.807, 2.05) is 0 Å². The number of hydrogen-bond donors (Lipinski definition) is 2. The van der Waals surface area contributed by atoms with Crippen molar-refractivity contribution in [1.29, 1.82) is 0 Å². The van der Waals surface area contributed by atoms with Crippen molar-refractivity contribution in [3.05, 3.63) is 88.7 Å². The Morgan fingerprint density at radius 1 is 1.00 bits per heavy atom. The van der Waals surface area contributed by atoms with Gasteiger partial charge in [-0.1, -0.05) is 48.0 Å². The third kappa shape index (κ3) is 5.49. The van der Waals surface area contributed by atoms with Crippen molar-refractivity contribution in [3.63, 3.8) is 0 Å². The molecule has 0 saturated carbocycles. The number of rotatable bonds is 6. The topological polar surface area (TPSA) is 92.4 Å². The zero-order chi connectivity index (χ0) is 28.0. The van der Waals surface area contributed by atoms with Crippen LogP contribution < -0.4 is 0 Å². The molecule has 0 amide bonds. The molecule has 11 heteroatoms. The molecule has 0 aliphatic heterocycles. The van der Waals surface area contributed by atoms with Crippen molar-refractivity contribution in [2.24, 2.45) is 0 Å². The van der Waals surface area contributed by atoms with Gasteiger partial charge in [-0.3, -0.25) is 4.57 Å². The molecule has 0 spiro atoms. The summed E-state index contributed by atoms with van der Waals surface area (Å²) in [5.41, 5.74) is -0.759. The van der Waals surface area contributed by atoms with Crippen LogP contribution in [-0.2, 0) is 28.2 Å². The van der Waals surface area contributed by atoms with Crippen molar-refractivity contribution in [2.75, 3.05) is 6.26 Å². The first-order valence-corrected chi connectivity index (χ1v) is 13.6. The number of aliphatic hydroxyl groups excluding tert-OH is 1. The van der Waals surface area contributed by atoms with Crippen LogP contribution >= 0.6 is 11.6 Å². The molecule has 4 aromatic rings. The summed E-state index contributed by atoms with van der Waals surface area (Å²) in [6, 6.07) is 14.4. The highest BCUT2D eigenvalue weighted by atomic mass is 35.5. The van der Waals surface area contributed by atoms with E-state index < -0.39 is 33.8 Å². The van der Waals surface area contributed by atoms with Gasteiger partial charge in [0, 0.05) is 18.0 Å². The second-order valence-electron chi connectivity index (χ2n) is 9.34. The Bertz CT molecular complexity index is 1620. The summed E-state index contributed by atoms with van der Waals surface area (Å²) in [5.74, 6) is -0.0589. The van der Waals surface area contributed by atoms with Gasteiger partial charge < -0.3 is 10.2 Å². The third-order valence-corrected chi connectivity index (χ3v) is 7.47. The molecule has 0 radical (unpaired) electrons. The smallest absolute Gasteiger partial charge is 0.392 e. The van der Waals surface area contributed by atoms with Gasteiger partial charge in [-0.15, -0.1) is 0 Å². The molecule has 0 fully saturated rings. The molecule has 1 heterocycles. The van der Waals surface area contributed by atoms with Crippen molar-refractivity contribution < 1.29 is 31.8 Å². The van der Waals surface area contributed by atoms with E-state index in [1.165, 1.54) is 54.9 Å². The predicted molar refractivity (Wildman–Crippen MR) is 139 cm³/mol. The molecule has 0 unspecified atom stereocenters. The third-order valence-electron chi connectivity index (χ3n) is 5.98. The lowest BCUT2D eigenvalue weighted by Gasteiger charge is -2.15. The average molecular weight is 565 g/mol. The van der Waals surface area contributed by atoms with E-state index in [2.05, 4.69) is 4.98 Å². The highest BCUT2D eigenvalue weighted by Crippen LogP contribution is 2.39. The van der Waals surface area contributed by atoms with Crippen LogP contribution in [0.1, 0.15) is 30.7 Å². The first-order valence-electron chi connectivity index (χ1n) is 11.3. The van der Waals surface area contributed by atoms with E-state index in [4.69, 9.17) is 11.6 Å². The van der Waals surface area contributed by atoms with E-state index in [-0.39, 0.29) is 32.6 Å². The van der Waals surface area contributed by atoms with Gasteiger partial charge in [-0.2, -0.15) is 13.2 Å². The Balaban J connectivity index is 1.90. The number of aromatic nitrogens is 2. The minimum absolute atomic E-state index is 0.0202. The van der Waals surface area contributed by atoms with E-state index >= 15 is 0 Å². The second-order valence-corrected chi connectivity index (χ2v) is 11.7. The number of alkyl halides is 3. The summed E-state index contributed by atoms with van der Waals surface area (Å²) < 4.78 is 67.3. The van der Waals surface area contributed by atoms with Crippen LogP contribution in [0.2, 0.25) is 5.02 Å². The predicted octanol–water partition coefficient (Wildman–Crippen LogP) is 6.00. The summed E-state index contributed by atoms with van der Waals surface area (Å²) in [6.45, 7) is 2.49. The van der Waals surface area contributed by atoms with Crippen LogP contribution in [0.15, 0.2) is 71.8 Å². The summed E-state index contributed by atoms with van der Waals surface area (Å²) in [6.07, 6.45) is -2.17. The number of sulfone groups is 1. The molecule has 6 nitrogen and oxygen atoms in total. The SMILES string of the molecule is CC(C)(O)c1cn(-c2ccc(-c3ccc(CO)c(S(C)(=O)=O)c3)cc2Cl)c(-c2ccccc2C(F)(F)F)n1. The Morgan fingerprint density at radius 2 is 1.63 bits per heavy atom. The summed E-state index contributed by atoms with van der Waals surface area (Å²) >= 11 is 6.62. The van der Waals surface area contributed by atoms with E-state index in [0.29, 0.717) is 16.8 Å². The zero-order valence-electron chi connectivity index (χ0n) is 20.6. The summed E-state index contributed by atoms with van der Waals surface area (Å²) in [7, 11) is -3.62. The van der Waals surface area contributed by atoms with E-state index in [0.717, 1.165) is 12.3 Å². The number of nitrogens with zero attached hydrogens (tertiary/aromatic N) is 2. The number of aliphatic hydroxyl groups is 2. The molecule has 200 valence electrons. The van der Waals surface area contributed by atoms with Gasteiger partial charge in [0.05, 0.1) is 33.5 Å². The molecular formula is C27H24ClF3N2O4S. The first-order chi connectivity index (χ1) is 17.6. The largest absolute Gasteiger partial charge is 0.417 e. The van der Waals surface area contributed by atoms with Crippen LogP contribution in [0.4, 0.5) is 13.2 Å². The van der Waals surface area contributed by atoms with Crippen LogP contribution in [-0.4, -0.2) is 34.4 Å². The van der Waals surface area contributed by atoms with Gasteiger partial charge in [-0.25, -0.2) is 13.4 Å². The molecule has 0 aliphatic rings. The number of halogens is 4. The summed E-state index contributed by atoms with van der Waals surface area (Å²) in [4.78, 5) is 4.33. The fraction of sp³-hybridized carbons (Fsp3) is 0.222. The quantitative estimate of drug-likeness (QED) is 0.300. The molecule has 3 aromatic carbocycles. The maximum atomic E-state index is 13.8. The average Bonchev–Trinajstić information content (AvgIpc) is 3.28. The Morgan fingerprint density at radius 3 is 2.21 bits per heavy atom. The normalized spacial score (nSPS) is 12.7. The Labute approximate surface area is 222 Å². The molecule has 0 atom stereocenters. The molecule has 38 heavy (non-hydrogen) atoms. The van der Waals surface area contributed by atoms with Gasteiger partial charge in [0.15, 0.2) is 9.84 Å². The minimum atomic E-state index is -4.64. The van der Waals surface area contributed by atoms with Gasteiger partial charge in [0.1, 0.15) is 11.4 Å². The van der Waals surface area contributed by atoms with Crippen molar-refractivity contribution >= 4 is 21.4 Å². The van der Waals surface area contributed by atoms with Crippen LogP contribution in [0.3, 0.4) is 0 Å². The molecule has 0 saturated heterocycles.